The van der Waals surface area contributed by atoms with Crippen molar-refractivity contribution >= 4 is 11.6 Å². The molecule has 0 atom stereocenters. The number of aryl methyl sites for hydroxylation is 4. The molecular weight excluding hydrogens is 320 g/mol. The summed E-state index contributed by atoms with van der Waals surface area (Å²) in [5.74, 6) is 1.01. The van der Waals surface area contributed by atoms with Gasteiger partial charge in [0, 0.05) is 6.20 Å². The summed E-state index contributed by atoms with van der Waals surface area (Å²) in [5, 5.41) is 10.8. The van der Waals surface area contributed by atoms with Crippen molar-refractivity contribution in [1.82, 2.24) is 14.9 Å². The molecular formula is C18H20N4O3. The topological polar surface area (TPSA) is 82.2 Å². The summed E-state index contributed by atoms with van der Waals surface area (Å²) in [4.78, 5) is 12.3. The summed E-state index contributed by atoms with van der Waals surface area (Å²) < 4.78 is 12.3. The molecule has 1 aromatic carbocycles. The molecule has 0 unspecified atom stereocenters. The molecule has 25 heavy (non-hydrogen) atoms. The number of hydrogen-bond donors (Lipinski definition) is 1. The van der Waals surface area contributed by atoms with Gasteiger partial charge in [-0.3, -0.25) is 4.79 Å². The van der Waals surface area contributed by atoms with Crippen LogP contribution in [0.2, 0.25) is 0 Å². The van der Waals surface area contributed by atoms with Crippen molar-refractivity contribution in [3.8, 4) is 5.75 Å². The lowest BCUT2D eigenvalue weighted by Crippen LogP contribution is -2.15. The van der Waals surface area contributed by atoms with Crippen LogP contribution in [0.25, 0.3) is 0 Å². The van der Waals surface area contributed by atoms with Crippen LogP contribution in [0.1, 0.15) is 33.1 Å². The zero-order chi connectivity index (χ0) is 18.0. The molecule has 0 saturated carbocycles. The number of anilines is 1. The number of amides is 1. The average Bonchev–Trinajstić information content (AvgIpc) is 3.14. The quantitative estimate of drug-likeness (QED) is 0.770. The van der Waals surface area contributed by atoms with Gasteiger partial charge >= 0.3 is 0 Å². The van der Waals surface area contributed by atoms with E-state index in [4.69, 9.17) is 9.26 Å². The first-order chi connectivity index (χ1) is 11.9. The Morgan fingerprint density at radius 3 is 2.56 bits per heavy atom. The van der Waals surface area contributed by atoms with Crippen LogP contribution in [-0.2, 0) is 6.73 Å². The number of carbonyl (C=O) groups excluding carboxylic acids is 1. The van der Waals surface area contributed by atoms with Crippen molar-refractivity contribution in [2.75, 3.05) is 5.32 Å². The van der Waals surface area contributed by atoms with Gasteiger partial charge in [-0.15, -0.1) is 0 Å². The summed E-state index contributed by atoms with van der Waals surface area (Å²) in [6.45, 7) is 7.77. The summed E-state index contributed by atoms with van der Waals surface area (Å²) >= 11 is 0. The Hall–Kier alpha value is -3.09. The van der Waals surface area contributed by atoms with Crippen LogP contribution in [0.4, 0.5) is 5.69 Å². The minimum atomic E-state index is -0.320. The minimum absolute atomic E-state index is 0.224. The second-order valence-corrected chi connectivity index (χ2v) is 5.99. The highest BCUT2D eigenvalue weighted by molar-refractivity contribution is 6.03. The van der Waals surface area contributed by atoms with Gasteiger partial charge in [-0.25, -0.2) is 4.68 Å². The number of aromatic nitrogens is 3. The Labute approximate surface area is 145 Å². The first-order valence-electron chi connectivity index (χ1n) is 7.91. The predicted octanol–water partition coefficient (Wildman–Crippen LogP) is 3.39. The van der Waals surface area contributed by atoms with Crippen LogP contribution in [0.5, 0.6) is 5.75 Å². The van der Waals surface area contributed by atoms with Gasteiger partial charge in [-0.1, -0.05) is 11.2 Å². The molecule has 1 amide bonds. The van der Waals surface area contributed by atoms with Crippen molar-refractivity contribution in [2.45, 2.75) is 34.4 Å². The molecule has 7 heteroatoms. The van der Waals surface area contributed by atoms with E-state index in [0.717, 1.165) is 16.9 Å². The number of ether oxygens (including phenoxy) is 1. The van der Waals surface area contributed by atoms with E-state index >= 15 is 0 Å². The van der Waals surface area contributed by atoms with Crippen molar-refractivity contribution < 1.29 is 14.1 Å². The van der Waals surface area contributed by atoms with Crippen LogP contribution in [-0.4, -0.2) is 20.8 Å². The first kappa shape index (κ1) is 16.8. The van der Waals surface area contributed by atoms with Crippen LogP contribution >= 0.6 is 0 Å². The van der Waals surface area contributed by atoms with E-state index in [2.05, 4.69) is 21.6 Å². The molecule has 2 heterocycles. The zero-order valence-corrected chi connectivity index (χ0v) is 14.7. The molecule has 0 spiro atoms. The number of nitrogens with one attached hydrogen (secondary N) is 1. The van der Waals surface area contributed by atoms with Crippen molar-refractivity contribution in [2.24, 2.45) is 0 Å². The lowest BCUT2D eigenvalue weighted by Gasteiger charge is -2.08. The number of rotatable bonds is 5. The van der Waals surface area contributed by atoms with Crippen LogP contribution in [0.15, 0.2) is 35.0 Å². The fraction of sp³-hybridized carbons (Fsp3) is 0.278. The zero-order valence-electron chi connectivity index (χ0n) is 14.7. The molecule has 0 aliphatic rings. The molecule has 3 aromatic rings. The summed E-state index contributed by atoms with van der Waals surface area (Å²) in [6, 6.07) is 7.64. The maximum absolute atomic E-state index is 12.3. The van der Waals surface area contributed by atoms with E-state index in [0.29, 0.717) is 22.8 Å². The van der Waals surface area contributed by atoms with Crippen molar-refractivity contribution in [3.05, 3.63) is 58.7 Å². The van der Waals surface area contributed by atoms with Gasteiger partial charge in [0.25, 0.3) is 5.91 Å². The van der Waals surface area contributed by atoms with E-state index in [9.17, 15) is 4.79 Å². The largest absolute Gasteiger partial charge is 0.471 e. The first-order valence-corrected chi connectivity index (χ1v) is 7.91. The molecule has 1 N–H and O–H groups in total. The molecule has 2 aromatic heterocycles. The summed E-state index contributed by atoms with van der Waals surface area (Å²) in [7, 11) is 0. The van der Waals surface area contributed by atoms with E-state index in [1.807, 2.05) is 26.0 Å². The Kier molecular flexibility index (Phi) is 4.56. The van der Waals surface area contributed by atoms with Gasteiger partial charge in [0.2, 0.25) is 0 Å². The van der Waals surface area contributed by atoms with E-state index in [1.165, 1.54) is 0 Å². The van der Waals surface area contributed by atoms with Gasteiger partial charge in [-0.2, -0.15) is 5.10 Å². The molecule has 0 aliphatic carbocycles. The third kappa shape index (κ3) is 3.88. The Morgan fingerprint density at radius 2 is 1.92 bits per heavy atom. The van der Waals surface area contributed by atoms with Gasteiger partial charge in [0.15, 0.2) is 18.2 Å². The number of nitrogens with zero attached hydrogens (tertiary/aromatic N) is 3. The standard InChI is InChI=1S/C18H20N4O3/c1-11-7-12(2)9-15(8-11)24-10-22-6-5-16(20-22)18(23)19-17-13(3)21-25-14(17)4/h5-9H,10H2,1-4H3,(H,19,23). The minimum Gasteiger partial charge on any atom is -0.471 e. The molecule has 7 nitrogen and oxygen atoms in total. The SMILES string of the molecule is Cc1cc(C)cc(OCn2ccc(C(=O)Nc3c(C)noc3C)n2)c1. The maximum atomic E-state index is 12.3. The van der Waals surface area contributed by atoms with Gasteiger partial charge in [0.1, 0.15) is 17.1 Å². The van der Waals surface area contributed by atoms with E-state index in [-0.39, 0.29) is 12.6 Å². The normalized spacial score (nSPS) is 10.7. The third-order valence-electron chi connectivity index (χ3n) is 3.70. The number of hydrogen-bond acceptors (Lipinski definition) is 5. The van der Waals surface area contributed by atoms with Gasteiger partial charge in [-0.05, 0) is 57.0 Å². The smallest absolute Gasteiger partial charge is 0.276 e. The molecule has 130 valence electrons. The second kappa shape index (κ2) is 6.80. The fourth-order valence-electron chi connectivity index (χ4n) is 2.55. The Bertz CT molecular complexity index is 871. The predicted molar refractivity (Wildman–Crippen MR) is 92.7 cm³/mol. The highest BCUT2D eigenvalue weighted by Crippen LogP contribution is 2.19. The van der Waals surface area contributed by atoms with E-state index in [1.54, 1.807) is 30.8 Å². The number of carbonyl (C=O) groups is 1. The average molecular weight is 340 g/mol. The highest BCUT2D eigenvalue weighted by Gasteiger charge is 2.15. The van der Waals surface area contributed by atoms with Crippen LogP contribution in [0.3, 0.4) is 0 Å². The highest BCUT2D eigenvalue weighted by atomic mass is 16.5. The molecule has 0 saturated heterocycles. The fourth-order valence-corrected chi connectivity index (χ4v) is 2.55. The van der Waals surface area contributed by atoms with Gasteiger partial charge < -0.3 is 14.6 Å². The van der Waals surface area contributed by atoms with Gasteiger partial charge in [0.05, 0.1) is 0 Å². The Balaban J connectivity index is 1.64. The molecule has 0 fully saturated rings. The molecule has 0 aliphatic heterocycles. The lowest BCUT2D eigenvalue weighted by atomic mass is 10.1. The van der Waals surface area contributed by atoms with Crippen molar-refractivity contribution in [3.63, 3.8) is 0 Å². The molecule has 3 rings (SSSR count). The molecule has 0 bridgehead atoms. The maximum Gasteiger partial charge on any atom is 0.276 e. The lowest BCUT2D eigenvalue weighted by molar-refractivity contribution is 0.102. The third-order valence-corrected chi connectivity index (χ3v) is 3.70. The monoisotopic (exact) mass is 340 g/mol. The van der Waals surface area contributed by atoms with E-state index < -0.39 is 0 Å². The molecule has 0 radical (unpaired) electrons. The van der Waals surface area contributed by atoms with Crippen molar-refractivity contribution in [1.29, 1.82) is 0 Å². The van der Waals surface area contributed by atoms with Crippen LogP contribution < -0.4 is 10.1 Å². The second-order valence-electron chi connectivity index (χ2n) is 5.99. The van der Waals surface area contributed by atoms with Crippen LogP contribution in [0, 0.1) is 27.7 Å². The summed E-state index contributed by atoms with van der Waals surface area (Å²) in [6.07, 6.45) is 1.70. The summed E-state index contributed by atoms with van der Waals surface area (Å²) in [5.41, 5.74) is 3.77. The number of benzene rings is 1. The Morgan fingerprint density at radius 1 is 1.20 bits per heavy atom.